The van der Waals surface area contributed by atoms with Crippen molar-refractivity contribution in [3.8, 4) is 0 Å². The van der Waals surface area contributed by atoms with Crippen LogP contribution in [0, 0.1) is 59.3 Å². The Labute approximate surface area is 130 Å². The van der Waals surface area contributed by atoms with Crippen LogP contribution in [-0.4, -0.2) is 6.71 Å². The molecule has 0 unspecified atom stereocenters. The lowest BCUT2D eigenvalue weighted by Gasteiger charge is -2.17. The minimum Gasteiger partial charge on any atom is -0.204 e. The first kappa shape index (κ1) is 18.2. The van der Waals surface area contributed by atoms with Crippen LogP contribution in [0.3, 0.4) is 0 Å². The van der Waals surface area contributed by atoms with Crippen LogP contribution in [0.1, 0.15) is 5.56 Å². The van der Waals surface area contributed by atoms with Crippen molar-refractivity contribution in [2.45, 2.75) is 13.7 Å². The van der Waals surface area contributed by atoms with Crippen molar-refractivity contribution in [2.75, 3.05) is 0 Å². The fraction of sp³-hybridized carbons (Fsp3) is 0.143. The summed E-state index contributed by atoms with van der Waals surface area (Å²) in [5.41, 5.74) is -3.41. The molecule has 0 saturated heterocycles. The lowest BCUT2D eigenvalue weighted by Crippen LogP contribution is -2.48. The Morgan fingerprint density at radius 3 is 1.17 bits per heavy atom. The Hall–Kier alpha value is -2.13. The summed E-state index contributed by atoms with van der Waals surface area (Å²) in [7, 11) is 0. The fourth-order valence-corrected chi connectivity index (χ4v) is 2.42. The SMILES string of the molecule is CB(c1c(C)c(F)c(F)c(F)c1F)c1c(F)c(F)c(F)c(F)c1F. The van der Waals surface area contributed by atoms with E-state index in [1.807, 2.05) is 0 Å². The Morgan fingerprint density at radius 2 is 0.750 bits per heavy atom. The largest absolute Gasteiger partial charge is 0.218 e. The number of halogens is 9. The second kappa shape index (κ2) is 6.06. The summed E-state index contributed by atoms with van der Waals surface area (Å²) in [6.07, 6.45) is 0. The van der Waals surface area contributed by atoms with Gasteiger partial charge in [0.15, 0.2) is 52.4 Å². The molecule has 0 aliphatic carbocycles. The third-order valence-corrected chi connectivity index (χ3v) is 3.66. The molecule has 0 amide bonds. The zero-order chi connectivity index (χ0) is 18.5. The maximum absolute atomic E-state index is 13.9. The van der Waals surface area contributed by atoms with Crippen LogP contribution in [0.25, 0.3) is 0 Å². The monoisotopic (exact) mass is 356 g/mol. The maximum atomic E-state index is 13.9. The molecule has 0 fully saturated rings. The van der Waals surface area contributed by atoms with Gasteiger partial charge in [-0.05, 0) is 17.9 Å². The highest BCUT2D eigenvalue weighted by Gasteiger charge is 2.35. The average Bonchev–Trinajstić information content (AvgIpc) is 2.55. The zero-order valence-electron chi connectivity index (χ0n) is 12.0. The van der Waals surface area contributed by atoms with Crippen LogP contribution in [0.5, 0.6) is 0 Å². The molecule has 0 saturated carbocycles. The van der Waals surface area contributed by atoms with Crippen LogP contribution in [0.2, 0.25) is 6.82 Å². The first-order chi connectivity index (χ1) is 11.0. The Morgan fingerprint density at radius 1 is 0.458 bits per heavy atom. The average molecular weight is 356 g/mol. The van der Waals surface area contributed by atoms with Crippen LogP contribution in [-0.2, 0) is 0 Å². The van der Waals surface area contributed by atoms with E-state index in [-0.39, 0.29) is 0 Å². The highest BCUT2D eigenvalue weighted by molar-refractivity contribution is 6.84. The van der Waals surface area contributed by atoms with Crippen molar-refractivity contribution in [1.29, 1.82) is 0 Å². The normalized spacial score (nSPS) is 11.1. The zero-order valence-corrected chi connectivity index (χ0v) is 12.0. The van der Waals surface area contributed by atoms with E-state index >= 15 is 0 Å². The molecule has 0 radical (unpaired) electrons. The van der Waals surface area contributed by atoms with Crippen LogP contribution < -0.4 is 10.9 Å². The first-order valence-corrected chi connectivity index (χ1v) is 6.36. The summed E-state index contributed by atoms with van der Waals surface area (Å²) >= 11 is 0. The second-order valence-corrected chi connectivity index (χ2v) is 5.00. The number of hydrogen-bond acceptors (Lipinski definition) is 0. The van der Waals surface area contributed by atoms with Gasteiger partial charge in [0, 0.05) is 5.46 Å². The third-order valence-electron chi connectivity index (χ3n) is 3.66. The van der Waals surface area contributed by atoms with Gasteiger partial charge in [-0.2, -0.15) is 0 Å². The predicted molar refractivity (Wildman–Crippen MR) is 68.1 cm³/mol. The molecule has 0 heterocycles. The third kappa shape index (κ3) is 2.44. The minimum atomic E-state index is -2.44. The van der Waals surface area contributed by atoms with E-state index in [1.54, 1.807) is 0 Å². The molecule has 0 aliphatic rings. The molecule has 128 valence electrons. The van der Waals surface area contributed by atoms with Gasteiger partial charge in [0.05, 0.1) is 0 Å². The van der Waals surface area contributed by atoms with Crippen molar-refractivity contribution in [3.05, 3.63) is 57.9 Å². The maximum Gasteiger partial charge on any atom is 0.218 e. The molecule has 2 aromatic carbocycles. The Balaban J connectivity index is 2.84. The smallest absolute Gasteiger partial charge is 0.204 e. The van der Waals surface area contributed by atoms with Crippen LogP contribution in [0.15, 0.2) is 0 Å². The van der Waals surface area contributed by atoms with Gasteiger partial charge in [0.25, 0.3) is 0 Å². The highest BCUT2D eigenvalue weighted by atomic mass is 19.2. The summed E-state index contributed by atoms with van der Waals surface area (Å²) < 4.78 is 121. The van der Waals surface area contributed by atoms with Gasteiger partial charge < -0.3 is 0 Å². The van der Waals surface area contributed by atoms with Crippen LogP contribution in [0.4, 0.5) is 39.5 Å². The molecule has 0 aliphatic heterocycles. The van der Waals surface area contributed by atoms with Gasteiger partial charge in [0.2, 0.25) is 6.71 Å². The number of rotatable bonds is 2. The van der Waals surface area contributed by atoms with E-state index in [0.717, 1.165) is 13.7 Å². The summed E-state index contributed by atoms with van der Waals surface area (Å²) in [6.45, 7) is -0.446. The van der Waals surface area contributed by atoms with Gasteiger partial charge in [0.1, 0.15) is 0 Å². The molecular weight excluding hydrogens is 350 g/mol. The molecule has 0 spiro atoms. The van der Waals surface area contributed by atoms with Crippen molar-refractivity contribution < 1.29 is 39.5 Å². The van der Waals surface area contributed by atoms with Gasteiger partial charge in [-0.15, -0.1) is 0 Å². The topological polar surface area (TPSA) is 0 Å². The van der Waals surface area contributed by atoms with Crippen molar-refractivity contribution in [3.63, 3.8) is 0 Å². The number of benzene rings is 2. The summed E-state index contributed by atoms with van der Waals surface area (Å²) in [4.78, 5) is 0. The van der Waals surface area contributed by atoms with E-state index in [9.17, 15) is 39.5 Å². The summed E-state index contributed by atoms with van der Waals surface area (Å²) in [6, 6.07) is 0. The van der Waals surface area contributed by atoms with Crippen molar-refractivity contribution in [1.82, 2.24) is 0 Å². The quantitative estimate of drug-likeness (QED) is 0.335. The molecular formula is C14H6BF9. The van der Waals surface area contributed by atoms with Gasteiger partial charge in [-0.1, -0.05) is 6.82 Å². The summed E-state index contributed by atoms with van der Waals surface area (Å²) in [5.74, 6) is -19.8. The highest BCUT2D eigenvalue weighted by Crippen LogP contribution is 2.20. The summed E-state index contributed by atoms with van der Waals surface area (Å²) in [5, 5.41) is 0. The molecule has 0 nitrogen and oxygen atoms in total. The lowest BCUT2D eigenvalue weighted by atomic mass is 9.41. The van der Waals surface area contributed by atoms with E-state index in [4.69, 9.17) is 0 Å². The molecule has 0 bridgehead atoms. The Kier molecular flexibility index (Phi) is 4.60. The molecule has 0 N–H and O–H groups in total. The predicted octanol–water partition coefficient (Wildman–Crippen LogP) is 3.49. The van der Waals surface area contributed by atoms with Crippen molar-refractivity contribution >= 4 is 17.6 Å². The molecule has 0 atom stereocenters. The second-order valence-electron chi connectivity index (χ2n) is 5.00. The standard InChI is InChI=1S/C14H6BF9/c1-3-4(7(17)11(21)10(20)6(3)16)15(2)5-8(18)12(22)14(24)13(23)9(5)19/h1-2H3. The van der Waals surface area contributed by atoms with E-state index < -0.39 is 75.6 Å². The number of hydrogen-bond donors (Lipinski definition) is 0. The van der Waals surface area contributed by atoms with Gasteiger partial charge in [-0.25, -0.2) is 39.5 Å². The molecule has 0 aromatic heterocycles. The minimum absolute atomic E-state index is 0.764. The van der Waals surface area contributed by atoms with Crippen molar-refractivity contribution in [2.24, 2.45) is 0 Å². The fourth-order valence-electron chi connectivity index (χ4n) is 2.42. The van der Waals surface area contributed by atoms with Crippen LogP contribution >= 0.6 is 0 Å². The lowest BCUT2D eigenvalue weighted by molar-refractivity contribution is 0.384. The molecule has 2 rings (SSSR count). The molecule has 2 aromatic rings. The van der Waals surface area contributed by atoms with E-state index in [1.165, 1.54) is 0 Å². The van der Waals surface area contributed by atoms with Gasteiger partial charge >= 0.3 is 0 Å². The van der Waals surface area contributed by atoms with Gasteiger partial charge in [-0.3, -0.25) is 0 Å². The molecule has 10 heteroatoms. The van der Waals surface area contributed by atoms with E-state index in [2.05, 4.69) is 0 Å². The first-order valence-electron chi connectivity index (χ1n) is 6.36. The van der Waals surface area contributed by atoms with E-state index in [0.29, 0.717) is 0 Å². The Bertz CT molecular complexity index is 720. The molecule has 24 heavy (non-hydrogen) atoms.